The van der Waals surface area contributed by atoms with Gasteiger partial charge in [0, 0.05) is 50.5 Å². The van der Waals surface area contributed by atoms with Crippen LogP contribution < -0.4 is 0 Å². The molecule has 2 aliphatic rings. The number of aromatic nitrogens is 2. The lowest BCUT2D eigenvalue weighted by molar-refractivity contribution is 0.0730. The van der Waals surface area contributed by atoms with E-state index in [1.807, 2.05) is 29.7 Å². The Morgan fingerprint density at radius 2 is 2.17 bits per heavy atom. The van der Waals surface area contributed by atoms with Crippen LogP contribution in [0.25, 0.3) is 0 Å². The quantitative estimate of drug-likeness (QED) is 0.867. The Morgan fingerprint density at radius 1 is 1.35 bits per heavy atom. The number of hydrogen-bond donors (Lipinski definition) is 0. The first-order valence-electron chi connectivity index (χ1n) is 8.20. The van der Waals surface area contributed by atoms with Gasteiger partial charge >= 0.3 is 0 Å². The van der Waals surface area contributed by atoms with Crippen LogP contribution in [0.4, 0.5) is 0 Å². The number of carbonyl (C=O) groups excluding carboxylic acids is 1. The summed E-state index contributed by atoms with van der Waals surface area (Å²) in [6, 6.07) is 2.58. The monoisotopic (exact) mass is 314 g/mol. The predicted octanol–water partition coefficient (Wildman–Crippen LogP) is 1.81. The second-order valence-electron chi connectivity index (χ2n) is 6.59. The molecule has 2 aliphatic heterocycles. The van der Waals surface area contributed by atoms with Crippen LogP contribution in [0.1, 0.15) is 34.5 Å². The second kappa shape index (κ2) is 5.53. The topological polar surface area (TPSA) is 54.5 Å². The molecule has 2 aromatic heterocycles. The Labute approximate surface area is 135 Å². The van der Waals surface area contributed by atoms with E-state index >= 15 is 0 Å². The summed E-state index contributed by atoms with van der Waals surface area (Å²) < 4.78 is 7.13. The van der Waals surface area contributed by atoms with E-state index < -0.39 is 0 Å². The van der Waals surface area contributed by atoms with E-state index in [4.69, 9.17) is 4.42 Å². The van der Waals surface area contributed by atoms with Gasteiger partial charge in [0.2, 0.25) is 0 Å². The van der Waals surface area contributed by atoms with Crippen LogP contribution in [0.15, 0.2) is 29.1 Å². The molecule has 2 atom stereocenters. The van der Waals surface area contributed by atoms with Gasteiger partial charge in [-0.25, -0.2) is 0 Å². The maximum Gasteiger partial charge on any atom is 0.257 e. The van der Waals surface area contributed by atoms with E-state index in [2.05, 4.69) is 16.2 Å². The highest BCUT2D eigenvalue weighted by molar-refractivity contribution is 5.95. The third-order valence-corrected chi connectivity index (χ3v) is 5.19. The highest BCUT2D eigenvalue weighted by Crippen LogP contribution is 2.33. The standard InChI is InChI=1S/C17H22N4O2/c1-12-14(5-8-23-12)17(22)21-7-4-15-16(21)3-6-20(15)11-13-9-18-19(2)10-13/h5,8-10,15-16H,3-4,6-7,11H2,1-2H3/t15-,16+/m0/s1. The lowest BCUT2D eigenvalue weighted by Gasteiger charge is -2.25. The van der Waals surface area contributed by atoms with Crippen molar-refractivity contribution in [1.82, 2.24) is 19.6 Å². The average molecular weight is 314 g/mol. The fourth-order valence-electron chi connectivity index (χ4n) is 4.07. The SMILES string of the molecule is Cc1occc1C(=O)N1CC[C@H]2[C@H]1CCN2Cc1cnn(C)c1. The summed E-state index contributed by atoms with van der Waals surface area (Å²) >= 11 is 0. The number of fused-ring (bicyclic) bond motifs is 1. The van der Waals surface area contributed by atoms with Crippen molar-refractivity contribution in [3.63, 3.8) is 0 Å². The zero-order chi connectivity index (χ0) is 16.0. The van der Waals surface area contributed by atoms with Gasteiger partial charge in [0.1, 0.15) is 5.76 Å². The van der Waals surface area contributed by atoms with Crippen molar-refractivity contribution in [3.05, 3.63) is 41.6 Å². The molecule has 4 heterocycles. The van der Waals surface area contributed by atoms with Gasteiger partial charge in [0.05, 0.1) is 18.0 Å². The third kappa shape index (κ3) is 2.47. The van der Waals surface area contributed by atoms with Gasteiger partial charge < -0.3 is 9.32 Å². The van der Waals surface area contributed by atoms with Crippen LogP contribution >= 0.6 is 0 Å². The second-order valence-corrected chi connectivity index (χ2v) is 6.59. The minimum Gasteiger partial charge on any atom is -0.469 e. The number of nitrogens with zero attached hydrogens (tertiary/aromatic N) is 4. The molecule has 0 aromatic carbocycles. The van der Waals surface area contributed by atoms with Gasteiger partial charge in [-0.2, -0.15) is 5.10 Å². The van der Waals surface area contributed by atoms with Crippen LogP contribution in [0.2, 0.25) is 0 Å². The molecule has 23 heavy (non-hydrogen) atoms. The van der Waals surface area contributed by atoms with Crippen molar-refractivity contribution < 1.29 is 9.21 Å². The van der Waals surface area contributed by atoms with Crippen molar-refractivity contribution >= 4 is 5.91 Å². The molecule has 0 saturated carbocycles. The highest BCUT2D eigenvalue weighted by atomic mass is 16.3. The molecule has 2 aromatic rings. The summed E-state index contributed by atoms with van der Waals surface area (Å²) in [5, 5.41) is 4.25. The molecule has 2 fully saturated rings. The fraction of sp³-hybridized carbons (Fsp3) is 0.529. The van der Waals surface area contributed by atoms with Crippen LogP contribution in [0.3, 0.4) is 0 Å². The summed E-state index contributed by atoms with van der Waals surface area (Å²) in [4.78, 5) is 17.3. The van der Waals surface area contributed by atoms with Crippen molar-refractivity contribution in [3.8, 4) is 0 Å². The van der Waals surface area contributed by atoms with E-state index in [0.29, 0.717) is 23.4 Å². The van der Waals surface area contributed by atoms with Crippen LogP contribution in [-0.2, 0) is 13.6 Å². The van der Waals surface area contributed by atoms with E-state index in [1.165, 1.54) is 5.56 Å². The van der Waals surface area contributed by atoms with Crippen molar-refractivity contribution in [1.29, 1.82) is 0 Å². The molecular weight excluding hydrogens is 292 g/mol. The van der Waals surface area contributed by atoms with Gasteiger partial charge in [-0.1, -0.05) is 0 Å². The molecule has 0 N–H and O–H groups in total. The molecule has 6 heteroatoms. The Morgan fingerprint density at radius 3 is 2.87 bits per heavy atom. The first-order chi connectivity index (χ1) is 11.1. The Hall–Kier alpha value is -2.08. The minimum atomic E-state index is 0.118. The maximum absolute atomic E-state index is 12.8. The van der Waals surface area contributed by atoms with Crippen molar-refractivity contribution in [2.45, 2.75) is 38.4 Å². The summed E-state index contributed by atoms with van der Waals surface area (Å²) in [6.45, 7) is 4.65. The number of likely N-dealkylation sites (tertiary alicyclic amines) is 2. The van der Waals surface area contributed by atoms with Crippen LogP contribution in [0, 0.1) is 6.92 Å². The normalized spacial score (nSPS) is 24.3. The Kier molecular flexibility index (Phi) is 3.49. The highest BCUT2D eigenvalue weighted by Gasteiger charge is 2.44. The van der Waals surface area contributed by atoms with Gasteiger partial charge in [0.25, 0.3) is 5.91 Å². The van der Waals surface area contributed by atoms with E-state index in [1.54, 1.807) is 12.3 Å². The summed E-state index contributed by atoms with van der Waals surface area (Å²) in [6.07, 6.45) is 7.70. The maximum atomic E-state index is 12.8. The largest absolute Gasteiger partial charge is 0.469 e. The summed E-state index contributed by atoms with van der Waals surface area (Å²) in [5.41, 5.74) is 1.94. The molecule has 2 saturated heterocycles. The average Bonchev–Trinajstić information content (AvgIpc) is 3.26. The van der Waals surface area contributed by atoms with E-state index in [-0.39, 0.29) is 5.91 Å². The molecule has 1 amide bonds. The predicted molar refractivity (Wildman–Crippen MR) is 84.9 cm³/mol. The molecule has 0 unspecified atom stereocenters. The molecule has 4 rings (SSSR count). The number of rotatable bonds is 3. The molecule has 0 radical (unpaired) electrons. The number of aryl methyl sites for hydroxylation is 2. The van der Waals surface area contributed by atoms with Crippen molar-refractivity contribution in [2.24, 2.45) is 7.05 Å². The summed E-state index contributed by atoms with van der Waals surface area (Å²) in [7, 11) is 1.94. The van der Waals surface area contributed by atoms with Gasteiger partial charge in [0.15, 0.2) is 0 Å². The lowest BCUT2D eigenvalue weighted by atomic mass is 10.1. The van der Waals surface area contributed by atoms with Gasteiger partial charge in [-0.05, 0) is 25.8 Å². The first-order valence-corrected chi connectivity index (χ1v) is 8.20. The number of carbonyl (C=O) groups is 1. The smallest absolute Gasteiger partial charge is 0.257 e. The fourth-order valence-corrected chi connectivity index (χ4v) is 4.07. The number of furan rings is 1. The van der Waals surface area contributed by atoms with E-state index in [9.17, 15) is 4.79 Å². The minimum absolute atomic E-state index is 0.118. The number of hydrogen-bond acceptors (Lipinski definition) is 4. The van der Waals surface area contributed by atoms with Crippen LogP contribution in [0.5, 0.6) is 0 Å². The third-order valence-electron chi connectivity index (χ3n) is 5.19. The molecule has 0 spiro atoms. The molecule has 0 bridgehead atoms. The zero-order valence-corrected chi connectivity index (χ0v) is 13.6. The zero-order valence-electron chi connectivity index (χ0n) is 13.6. The Balaban J connectivity index is 1.47. The molecule has 0 aliphatic carbocycles. The molecule has 122 valence electrons. The lowest BCUT2D eigenvalue weighted by Crippen LogP contribution is -2.39. The molecule has 6 nitrogen and oxygen atoms in total. The van der Waals surface area contributed by atoms with Gasteiger partial charge in [-0.3, -0.25) is 14.4 Å². The van der Waals surface area contributed by atoms with Gasteiger partial charge in [-0.15, -0.1) is 0 Å². The summed E-state index contributed by atoms with van der Waals surface area (Å²) in [5.74, 6) is 0.829. The number of amides is 1. The first kappa shape index (κ1) is 14.5. The molecular formula is C17H22N4O2. The van der Waals surface area contributed by atoms with Crippen molar-refractivity contribution in [2.75, 3.05) is 13.1 Å². The Bertz CT molecular complexity index is 720. The van der Waals surface area contributed by atoms with E-state index in [0.717, 1.165) is 32.5 Å². The van der Waals surface area contributed by atoms with Crippen LogP contribution in [-0.4, -0.2) is 50.7 Å².